The first-order valence-corrected chi connectivity index (χ1v) is 9.50. The molecule has 0 atom stereocenters. The lowest BCUT2D eigenvalue weighted by Gasteiger charge is -2.26. The van der Waals surface area contributed by atoms with Crippen molar-refractivity contribution in [2.45, 2.75) is 65.7 Å². The molecule has 0 aliphatic rings. The Morgan fingerprint density at radius 1 is 0.680 bits per heavy atom. The first-order chi connectivity index (χ1) is 11.5. The fourth-order valence-corrected chi connectivity index (χ4v) is 2.07. The highest BCUT2D eigenvalue weighted by Crippen LogP contribution is 2.32. The topological polar surface area (TPSA) is 20.2 Å². The zero-order chi connectivity index (χ0) is 19.6. The number of hydrogen-bond acceptors (Lipinski definition) is 2. The molecule has 0 saturated carbocycles. The van der Waals surface area contributed by atoms with Crippen molar-refractivity contribution in [3.05, 3.63) is 59.7 Å². The molecular weight excluding hydrogens is 324 g/mol. The Labute approximate surface area is 160 Å². The third kappa shape index (κ3) is 10.2. The van der Waals surface area contributed by atoms with Gasteiger partial charge in [0.25, 0.3) is 0 Å². The lowest BCUT2D eigenvalue weighted by Crippen LogP contribution is -2.18. The maximum atomic E-state index is 9.32. The molecule has 0 aromatic heterocycles. The van der Waals surface area contributed by atoms with Crippen LogP contribution in [-0.4, -0.2) is 5.11 Å². The van der Waals surface area contributed by atoms with E-state index < -0.39 is 0 Å². The molecular formula is C23H36OS. The molecule has 2 aromatic carbocycles. The van der Waals surface area contributed by atoms with Crippen molar-refractivity contribution in [3.63, 3.8) is 0 Å². The molecule has 0 heterocycles. The maximum absolute atomic E-state index is 9.32. The minimum atomic E-state index is -0.0742. The first kappa shape index (κ1) is 23.6. The predicted octanol–water partition coefficient (Wildman–Crippen LogP) is 7.33. The Kier molecular flexibility index (Phi) is 10.6. The molecule has 0 bridgehead atoms. The van der Waals surface area contributed by atoms with Crippen LogP contribution >= 0.6 is 12.6 Å². The van der Waals surface area contributed by atoms with Gasteiger partial charge in [-0.2, -0.15) is 0 Å². The van der Waals surface area contributed by atoms with Crippen molar-refractivity contribution in [1.82, 2.24) is 0 Å². The van der Waals surface area contributed by atoms with Gasteiger partial charge in [0.2, 0.25) is 0 Å². The summed E-state index contributed by atoms with van der Waals surface area (Å²) in [5, 5.41) is 9.32. The van der Waals surface area contributed by atoms with E-state index in [1.807, 2.05) is 24.3 Å². The zero-order valence-corrected chi connectivity index (χ0v) is 18.1. The second kappa shape index (κ2) is 11.3. The molecule has 1 nitrogen and oxygen atoms in total. The Morgan fingerprint density at radius 2 is 0.960 bits per heavy atom. The smallest absolute Gasteiger partial charge is 0.115 e. The Hall–Kier alpha value is -1.41. The molecule has 0 aliphatic heterocycles. The number of phenols is 1. The molecule has 2 aromatic rings. The number of thiol groups is 1. The monoisotopic (exact) mass is 360 g/mol. The quantitative estimate of drug-likeness (QED) is 0.537. The highest BCUT2D eigenvalue weighted by molar-refractivity contribution is 7.80. The van der Waals surface area contributed by atoms with Crippen LogP contribution < -0.4 is 0 Å². The average Bonchev–Trinajstić information content (AvgIpc) is 2.47. The highest BCUT2D eigenvalue weighted by Gasteiger charge is 2.22. The normalized spacial score (nSPS) is 10.7. The SMILES string of the molecule is CC(C)(c1ccc(O)cc1)c1ccc(S)cc1.CC(C)C.CC(C)C. The van der Waals surface area contributed by atoms with Crippen LogP contribution in [0.1, 0.15) is 66.5 Å². The summed E-state index contributed by atoms with van der Waals surface area (Å²) in [6, 6.07) is 15.6. The maximum Gasteiger partial charge on any atom is 0.115 e. The van der Waals surface area contributed by atoms with Crippen LogP contribution in [0.5, 0.6) is 5.75 Å². The molecule has 2 heteroatoms. The Balaban J connectivity index is 0.000000609. The fourth-order valence-electron chi connectivity index (χ4n) is 1.92. The molecule has 0 unspecified atom stereocenters. The third-order valence-corrected chi connectivity index (χ3v) is 3.48. The lowest BCUT2D eigenvalue weighted by molar-refractivity contribution is 0.474. The predicted molar refractivity (Wildman–Crippen MR) is 115 cm³/mol. The standard InChI is InChI=1S/C15H16OS.2C4H10/c1-15(2,11-3-7-13(16)8-4-11)12-5-9-14(17)10-6-12;2*1-4(2)3/h3-10,16-17H,1-2H3;2*4H,1-3H3. The van der Waals surface area contributed by atoms with E-state index in [-0.39, 0.29) is 5.41 Å². The summed E-state index contributed by atoms with van der Waals surface area (Å²) in [5.41, 5.74) is 2.35. The van der Waals surface area contributed by atoms with Crippen LogP contribution in [0.15, 0.2) is 53.4 Å². The van der Waals surface area contributed by atoms with E-state index in [1.54, 1.807) is 12.1 Å². The second-order valence-corrected chi connectivity index (χ2v) is 8.70. The average molecular weight is 361 g/mol. The van der Waals surface area contributed by atoms with Gasteiger partial charge in [-0.3, -0.25) is 0 Å². The molecule has 140 valence electrons. The molecule has 0 aliphatic carbocycles. The van der Waals surface area contributed by atoms with E-state index in [0.29, 0.717) is 5.75 Å². The Morgan fingerprint density at radius 3 is 1.28 bits per heavy atom. The molecule has 0 spiro atoms. The van der Waals surface area contributed by atoms with Gasteiger partial charge in [0.1, 0.15) is 5.75 Å². The minimum Gasteiger partial charge on any atom is -0.508 e. The van der Waals surface area contributed by atoms with Crippen molar-refractivity contribution in [1.29, 1.82) is 0 Å². The summed E-state index contributed by atoms with van der Waals surface area (Å²) in [5.74, 6) is 1.97. The summed E-state index contributed by atoms with van der Waals surface area (Å²) in [7, 11) is 0. The molecule has 1 N–H and O–H groups in total. The van der Waals surface area contributed by atoms with Crippen molar-refractivity contribution in [3.8, 4) is 5.75 Å². The summed E-state index contributed by atoms with van der Waals surface area (Å²) in [6.45, 7) is 17.3. The number of rotatable bonds is 2. The molecule has 2 rings (SSSR count). The van der Waals surface area contributed by atoms with Gasteiger partial charge in [0.05, 0.1) is 0 Å². The first-order valence-electron chi connectivity index (χ1n) is 9.05. The van der Waals surface area contributed by atoms with Gasteiger partial charge in [0.15, 0.2) is 0 Å². The number of phenolic OH excluding ortho intramolecular Hbond substituents is 1. The van der Waals surface area contributed by atoms with Crippen LogP contribution in [0, 0.1) is 11.8 Å². The molecule has 0 radical (unpaired) electrons. The van der Waals surface area contributed by atoms with E-state index >= 15 is 0 Å². The van der Waals surface area contributed by atoms with Gasteiger partial charge in [0, 0.05) is 10.3 Å². The zero-order valence-electron chi connectivity index (χ0n) is 17.2. The van der Waals surface area contributed by atoms with Crippen molar-refractivity contribution in [2.24, 2.45) is 11.8 Å². The number of hydrogen-bond donors (Lipinski definition) is 2. The summed E-state index contributed by atoms with van der Waals surface area (Å²) in [6.07, 6.45) is 0. The van der Waals surface area contributed by atoms with E-state index in [1.165, 1.54) is 11.1 Å². The van der Waals surface area contributed by atoms with Crippen LogP contribution in [-0.2, 0) is 5.41 Å². The van der Waals surface area contributed by atoms with Gasteiger partial charge >= 0.3 is 0 Å². The van der Waals surface area contributed by atoms with Crippen molar-refractivity contribution in [2.75, 3.05) is 0 Å². The van der Waals surface area contributed by atoms with Gasteiger partial charge in [-0.05, 0) is 47.2 Å². The number of aromatic hydroxyl groups is 1. The number of benzene rings is 2. The van der Waals surface area contributed by atoms with Crippen LogP contribution in [0.25, 0.3) is 0 Å². The van der Waals surface area contributed by atoms with E-state index in [2.05, 4.69) is 80.2 Å². The van der Waals surface area contributed by atoms with Gasteiger partial charge < -0.3 is 5.11 Å². The molecule has 25 heavy (non-hydrogen) atoms. The van der Waals surface area contributed by atoms with E-state index in [4.69, 9.17) is 0 Å². The fraction of sp³-hybridized carbons (Fsp3) is 0.478. The summed E-state index contributed by atoms with van der Waals surface area (Å²) < 4.78 is 0. The van der Waals surface area contributed by atoms with Crippen molar-refractivity contribution >= 4 is 12.6 Å². The van der Waals surface area contributed by atoms with Crippen molar-refractivity contribution < 1.29 is 5.11 Å². The van der Waals surface area contributed by atoms with Gasteiger partial charge in [-0.25, -0.2) is 0 Å². The van der Waals surface area contributed by atoms with Gasteiger partial charge in [-0.15, -0.1) is 12.6 Å². The summed E-state index contributed by atoms with van der Waals surface area (Å²) in [4.78, 5) is 0.968. The highest BCUT2D eigenvalue weighted by atomic mass is 32.1. The van der Waals surface area contributed by atoms with Crippen LogP contribution in [0.2, 0.25) is 0 Å². The third-order valence-electron chi connectivity index (χ3n) is 3.18. The molecule has 0 amide bonds. The van der Waals surface area contributed by atoms with E-state index in [9.17, 15) is 5.11 Å². The molecule has 0 fully saturated rings. The van der Waals surface area contributed by atoms with E-state index in [0.717, 1.165) is 16.7 Å². The van der Waals surface area contributed by atoms with Gasteiger partial charge in [-0.1, -0.05) is 79.7 Å². The van der Waals surface area contributed by atoms with Crippen LogP contribution in [0.3, 0.4) is 0 Å². The lowest BCUT2D eigenvalue weighted by atomic mass is 9.78. The summed E-state index contributed by atoms with van der Waals surface area (Å²) >= 11 is 4.30. The van der Waals surface area contributed by atoms with Crippen LogP contribution in [0.4, 0.5) is 0 Å². The molecule has 0 saturated heterocycles. The Bertz CT molecular complexity index is 521. The second-order valence-electron chi connectivity index (χ2n) is 8.18. The largest absolute Gasteiger partial charge is 0.508 e. The minimum absolute atomic E-state index is 0.0742.